The molecule has 0 aromatic heterocycles. The van der Waals surface area contributed by atoms with Gasteiger partial charge < -0.3 is 10.2 Å². The Morgan fingerprint density at radius 1 is 0.957 bits per heavy atom. The molecule has 0 fully saturated rings. The summed E-state index contributed by atoms with van der Waals surface area (Å²) in [5.74, 6) is 0.399. The molecule has 0 unspecified atom stereocenters. The standard InChI is InChI=1S/C20H26N2O/c1-5-22(6-2)19-13-11-18(12-14-19)21-20(23)17-9-7-16(8-10-17)15(3)4/h7-15H,5-6H2,1-4H3,(H,21,23). The van der Waals surface area contributed by atoms with Crippen molar-refractivity contribution in [2.75, 3.05) is 23.3 Å². The third-order valence-electron chi connectivity index (χ3n) is 4.09. The van der Waals surface area contributed by atoms with Gasteiger partial charge >= 0.3 is 0 Å². The van der Waals surface area contributed by atoms with E-state index in [0.717, 1.165) is 18.8 Å². The van der Waals surface area contributed by atoms with Crippen LogP contribution in [0.15, 0.2) is 48.5 Å². The number of carbonyl (C=O) groups excluding carboxylic acids is 1. The maximum absolute atomic E-state index is 12.3. The Bertz CT molecular complexity index is 626. The second kappa shape index (κ2) is 7.82. The third-order valence-corrected chi connectivity index (χ3v) is 4.09. The van der Waals surface area contributed by atoms with Crippen LogP contribution in [-0.4, -0.2) is 19.0 Å². The number of carbonyl (C=O) groups is 1. The highest BCUT2D eigenvalue weighted by Gasteiger charge is 2.08. The van der Waals surface area contributed by atoms with Gasteiger partial charge in [0.25, 0.3) is 5.91 Å². The zero-order chi connectivity index (χ0) is 16.8. The average molecular weight is 310 g/mol. The zero-order valence-corrected chi connectivity index (χ0v) is 14.5. The van der Waals surface area contributed by atoms with Crippen molar-refractivity contribution in [3.8, 4) is 0 Å². The molecule has 0 heterocycles. The van der Waals surface area contributed by atoms with Gasteiger partial charge in [0.2, 0.25) is 0 Å². The Hall–Kier alpha value is -2.29. The summed E-state index contributed by atoms with van der Waals surface area (Å²) in [6.07, 6.45) is 0. The number of hydrogen-bond acceptors (Lipinski definition) is 2. The van der Waals surface area contributed by atoms with Gasteiger partial charge in [-0.25, -0.2) is 0 Å². The first kappa shape index (κ1) is 17.1. The summed E-state index contributed by atoms with van der Waals surface area (Å²) in [7, 11) is 0. The molecule has 1 amide bonds. The van der Waals surface area contributed by atoms with Crippen LogP contribution in [0, 0.1) is 0 Å². The van der Waals surface area contributed by atoms with Gasteiger partial charge in [-0.15, -0.1) is 0 Å². The molecular formula is C20H26N2O. The molecule has 1 N–H and O–H groups in total. The van der Waals surface area contributed by atoms with Crippen molar-refractivity contribution < 1.29 is 4.79 Å². The zero-order valence-electron chi connectivity index (χ0n) is 14.5. The number of amides is 1. The molecule has 0 saturated heterocycles. The van der Waals surface area contributed by atoms with Crippen molar-refractivity contribution in [3.05, 3.63) is 59.7 Å². The maximum Gasteiger partial charge on any atom is 0.255 e. The van der Waals surface area contributed by atoms with Crippen molar-refractivity contribution in [1.29, 1.82) is 0 Å². The minimum absolute atomic E-state index is 0.0732. The van der Waals surface area contributed by atoms with Gasteiger partial charge in [0.15, 0.2) is 0 Å². The molecule has 23 heavy (non-hydrogen) atoms. The predicted molar refractivity (Wildman–Crippen MR) is 98.5 cm³/mol. The van der Waals surface area contributed by atoms with Crippen molar-refractivity contribution in [1.82, 2.24) is 0 Å². The van der Waals surface area contributed by atoms with Gasteiger partial charge in [0.05, 0.1) is 0 Å². The smallest absolute Gasteiger partial charge is 0.255 e. The quantitative estimate of drug-likeness (QED) is 0.822. The lowest BCUT2D eigenvalue weighted by Gasteiger charge is -2.21. The fourth-order valence-corrected chi connectivity index (χ4v) is 2.57. The number of hydrogen-bond donors (Lipinski definition) is 1. The summed E-state index contributed by atoms with van der Waals surface area (Å²) >= 11 is 0. The van der Waals surface area contributed by atoms with Crippen LogP contribution >= 0.6 is 0 Å². The Kier molecular flexibility index (Phi) is 5.80. The van der Waals surface area contributed by atoms with Gasteiger partial charge in [0, 0.05) is 30.0 Å². The van der Waals surface area contributed by atoms with Crippen molar-refractivity contribution in [3.63, 3.8) is 0 Å². The first-order valence-electron chi connectivity index (χ1n) is 8.31. The van der Waals surface area contributed by atoms with Crippen LogP contribution in [0.1, 0.15) is 49.5 Å². The second-order valence-corrected chi connectivity index (χ2v) is 5.95. The van der Waals surface area contributed by atoms with Gasteiger partial charge in [-0.3, -0.25) is 4.79 Å². The summed E-state index contributed by atoms with van der Waals surface area (Å²) in [6, 6.07) is 15.8. The number of nitrogens with zero attached hydrogens (tertiary/aromatic N) is 1. The normalized spacial score (nSPS) is 10.7. The summed E-state index contributed by atoms with van der Waals surface area (Å²) in [4.78, 5) is 14.6. The SMILES string of the molecule is CCN(CC)c1ccc(NC(=O)c2ccc(C(C)C)cc2)cc1. The van der Waals surface area contributed by atoms with Gasteiger partial charge in [-0.05, 0) is 61.7 Å². The molecule has 0 aliphatic rings. The van der Waals surface area contributed by atoms with E-state index in [1.165, 1.54) is 11.3 Å². The Morgan fingerprint density at radius 2 is 1.52 bits per heavy atom. The molecule has 122 valence electrons. The van der Waals surface area contributed by atoms with Gasteiger partial charge in [-0.1, -0.05) is 26.0 Å². The van der Waals surface area contributed by atoms with E-state index in [-0.39, 0.29) is 5.91 Å². The van der Waals surface area contributed by atoms with Crippen molar-refractivity contribution >= 4 is 17.3 Å². The molecule has 0 aliphatic carbocycles. The van der Waals surface area contributed by atoms with Gasteiger partial charge in [-0.2, -0.15) is 0 Å². The number of anilines is 2. The predicted octanol–water partition coefficient (Wildman–Crippen LogP) is 4.91. The van der Waals surface area contributed by atoms with E-state index in [1.54, 1.807) is 0 Å². The molecule has 0 aliphatic heterocycles. The Balaban J connectivity index is 2.05. The topological polar surface area (TPSA) is 32.3 Å². The number of rotatable bonds is 6. The molecule has 0 saturated carbocycles. The Labute approximate surface area is 139 Å². The summed E-state index contributed by atoms with van der Waals surface area (Å²) in [6.45, 7) is 10.5. The molecule has 3 nitrogen and oxygen atoms in total. The number of benzene rings is 2. The van der Waals surface area contributed by atoms with Crippen LogP contribution in [0.4, 0.5) is 11.4 Å². The molecule has 3 heteroatoms. The fourth-order valence-electron chi connectivity index (χ4n) is 2.57. The first-order valence-corrected chi connectivity index (χ1v) is 8.31. The minimum Gasteiger partial charge on any atom is -0.372 e. The van der Waals surface area contributed by atoms with Crippen molar-refractivity contribution in [2.45, 2.75) is 33.6 Å². The fraction of sp³-hybridized carbons (Fsp3) is 0.350. The van der Waals surface area contributed by atoms with Crippen LogP contribution in [0.25, 0.3) is 0 Å². The molecule has 0 bridgehead atoms. The Morgan fingerprint density at radius 3 is 2.00 bits per heavy atom. The summed E-state index contributed by atoms with van der Waals surface area (Å²) in [5, 5.41) is 2.95. The lowest BCUT2D eigenvalue weighted by atomic mass is 10.0. The van der Waals surface area contributed by atoms with E-state index in [4.69, 9.17) is 0 Å². The van der Waals surface area contributed by atoms with Crippen LogP contribution in [0.5, 0.6) is 0 Å². The third kappa shape index (κ3) is 4.35. The molecule has 2 aromatic carbocycles. The number of nitrogens with one attached hydrogen (secondary N) is 1. The van der Waals surface area contributed by atoms with Crippen molar-refractivity contribution in [2.24, 2.45) is 0 Å². The molecule has 0 atom stereocenters. The van der Waals surface area contributed by atoms with Crippen LogP contribution in [0.2, 0.25) is 0 Å². The van der Waals surface area contributed by atoms with Crippen LogP contribution in [0.3, 0.4) is 0 Å². The van der Waals surface area contributed by atoms with Crippen LogP contribution in [-0.2, 0) is 0 Å². The van der Waals surface area contributed by atoms with E-state index < -0.39 is 0 Å². The lowest BCUT2D eigenvalue weighted by Crippen LogP contribution is -2.21. The monoisotopic (exact) mass is 310 g/mol. The molecule has 2 aromatic rings. The van der Waals surface area contributed by atoms with E-state index in [2.05, 4.69) is 37.9 Å². The highest BCUT2D eigenvalue weighted by Crippen LogP contribution is 2.19. The average Bonchev–Trinajstić information content (AvgIpc) is 2.57. The van der Waals surface area contributed by atoms with Gasteiger partial charge in [0.1, 0.15) is 0 Å². The molecule has 0 radical (unpaired) electrons. The van der Waals surface area contributed by atoms with Crippen LogP contribution < -0.4 is 10.2 Å². The van der Waals surface area contributed by atoms with E-state index in [1.807, 2.05) is 48.5 Å². The lowest BCUT2D eigenvalue weighted by molar-refractivity contribution is 0.102. The molecule has 0 spiro atoms. The van der Waals surface area contributed by atoms with E-state index in [9.17, 15) is 4.79 Å². The summed E-state index contributed by atoms with van der Waals surface area (Å²) < 4.78 is 0. The highest BCUT2D eigenvalue weighted by molar-refractivity contribution is 6.04. The van der Waals surface area contributed by atoms with E-state index >= 15 is 0 Å². The van der Waals surface area contributed by atoms with E-state index in [0.29, 0.717) is 11.5 Å². The summed E-state index contributed by atoms with van der Waals surface area (Å²) in [5.41, 5.74) is 3.92. The largest absolute Gasteiger partial charge is 0.372 e. The first-order chi connectivity index (χ1) is 11.0. The molecular weight excluding hydrogens is 284 g/mol. The maximum atomic E-state index is 12.3. The second-order valence-electron chi connectivity index (χ2n) is 5.95. The molecule has 2 rings (SSSR count). The highest BCUT2D eigenvalue weighted by atomic mass is 16.1. The minimum atomic E-state index is -0.0732.